The Morgan fingerprint density at radius 2 is 1.69 bits per heavy atom. The van der Waals surface area contributed by atoms with E-state index in [1.54, 1.807) is 28.0 Å². The highest BCUT2D eigenvalue weighted by Gasteiger charge is 2.24. The highest BCUT2D eigenvalue weighted by atomic mass is 32.2. The fourth-order valence-electron chi connectivity index (χ4n) is 4.14. The zero-order valence-electron chi connectivity index (χ0n) is 20.2. The summed E-state index contributed by atoms with van der Waals surface area (Å²) in [5, 5.41) is 22.4. The second kappa shape index (κ2) is 11.0. The van der Waals surface area contributed by atoms with Gasteiger partial charge in [-0.2, -0.15) is 4.57 Å². The van der Waals surface area contributed by atoms with E-state index in [0.717, 1.165) is 47.6 Å². The number of allylic oxidation sites excluding steroid dienone is 6. The summed E-state index contributed by atoms with van der Waals surface area (Å²) in [6.45, 7) is 5.68. The SMILES string of the molecule is CC(/C=C1\Sc2ccccc2N1CC(=O)[O-])=C\C(C)=C\C(C)=C\c1sc2ccccc2[n+]1CC(=O)O. The van der Waals surface area contributed by atoms with Gasteiger partial charge in [-0.3, -0.25) is 0 Å². The van der Waals surface area contributed by atoms with Gasteiger partial charge >= 0.3 is 5.97 Å². The molecule has 6 nitrogen and oxygen atoms in total. The van der Waals surface area contributed by atoms with Crippen molar-refractivity contribution >= 4 is 57.0 Å². The smallest absolute Gasteiger partial charge is 0.370 e. The molecule has 1 N–H and O–H groups in total. The highest BCUT2D eigenvalue weighted by Crippen LogP contribution is 2.45. The Hall–Kier alpha value is -3.62. The van der Waals surface area contributed by atoms with E-state index in [0.29, 0.717) is 0 Å². The van der Waals surface area contributed by atoms with Gasteiger partial charge in [0.1, 0.15) is 4.70 Å². The van der Waals surface area contributed by atoms with Crippen molar-refractivity contribution in [3.05, 3.63) is 93.5 Å². The zero-order chi connectivity index (χ0) is 25.8. The van der Waals surface area contributed by atoms with Crippen molar-refractivity contribution in [2.45, 2.75) is 32.2 Å². The van der Waals surface area contributed by atoms with Gasteiger partial charge in [0, 0.05) is 17.0 Å². The standard InChI is InChI=1S/C28H26N2O4S2/c1-18(12-19(2)14-25-29(16-27(31)32)21-8-4-6-10-23(21)35-25)13-20(3)15-26-30(17-28(33)34)22-9-5-7-11-24(22)36-26/h4-15H,16-17H2,1-3H3,(H-,31,32,33,34). The third-order valence-electron chi connectivity index (χ3n) is 5.47. The van der Waals surface area contributed by atoms with Gasteiger partial charge in [-0.15, -0.1) is 0 Å². The molecular formula is C28H26N2O4S2. The number of carbonyl (C=O) groups excluding carboxylic acids is 1. The van der Waals surface area contributed by atoms with Gasteiger partial charge in [-0.05, 0) is 56.2 Å². The van der Waals surface area contributed by atoms with Crippen LogP contribution in [-0.4, -0.2) is 23.6 Å². The molecule has 2 heterocycles. The number of aromatic nitrogens is 1. The van der Waals surface area contributed by atoms with Gasteiger partial charge in [0.25, 0.3) is 5.01 Å². The van der Waals surface area contributed by atoms with Crippen LogP contribution in [0.4, 0.5) is 5.69 Å². The minimum atomic E-state index is -1.13. The molecule has 0 saturated carbocycles. The maximum absolute atomic E-state index is 11.4. The zero-order valence-corrected chi connectivity index (χ0v) is 21.9. The van der Waals surface area contributed by atoms with Crippen LogP contribution in [0.25, 0.3) is 16.3 Å². The largest absolute Gasteiger partial charge is 0.548 e. The second-order valence-electron chi connectivity index (χ2n) is 8.56. The van der Waals surface area contributed by atoms with Crippen LogP contribution in [0.1, 0.15) is 25.8 Å². The molecule has 0 amide bonds. The molecule has 0 atom stereocenters. The van der Waals surface area contributed by atoms with E-state index in [1.165, 1.54) is 0 Å². The number of aliphatic carboxylic acids is 2. The van der Waals surface area contributed by atoms with Crippen molar-refractivity contribution in [2.75, 3.05) is 11.4 Å². The molecule has 0 fully saturated rings. The molecule has 0 spiro atoms. The number of hydrogen-bond donors (Lipinski definition) is 1. The molecule has 0 bridgehead atoms. The van der Waals surface area contributed by atoms with Crippen molar-refractivity contribution < 1.29 is 24.4 Å². The number of carbonyl (C=O) groups is 2. The van der Waals surface area contributed by atoms with Crippen LogP contribution < -0.4 is 14.6 Å². The van der Waals surface area contributed by atoms with Crippen molar-refractivity contribution in [3.8, 4) is 0 Å². The number of thiazole rings is 1. The summed E-state index contributed by atoms with van der Waals surface area (Å²) in [4.78, 5) is 25.6. The molecule has 0 aliphatic carbocycles. The van der Waals surface area contributed by atoms with E-state index in [4.69, 9.17) is 0 Å². The first-order chi connectivity index (χ1) is 17.2. The molecule has 36 heavy (non-hydrogen) atoms. The van der Waals surface area contributed by atoms with E-state index < -0.39 is 11.9 Å². The number of hydrogen-bond acceptors (Lipinski definition) is 6. The molecule has 0 saturated heterocycles. The van der Waals surface area contributed by atoms with Gasteiger partial charge in [0.15, 0.2) is 0 Å². The van der Waals surface area contributed by atoms with E-state index in [9.17, 15) is 19.8 Å². The Labute approximate surface area is 218 Å². The fraction of sp³-hybridized carbons (Fsp3) is 0.179. The van der Waals surface area contributed by atoms with Crippen LogP contribution in [-0.2, 0) is 16.1 Å². The Morgan fingerprint density at radius 3 is 2.44 bits per heavy atom. The average molecular weight is 519 g/mol. The minimum absolute atomic E-state index is 0.0964. The maximum Gasteiger partial charge on any atom is 0.370 e. The summed E-state index contributed by atoms with van der Waals surface area (Å²) < 4.78 is 2.86. The van der Waals surface area contributed by atoms with Gasteiger partial charge in [-0.1, -0.05) is 65.1 Å². The van der Waals surface area contributed by atoms with Gasteiger partial charge in [-0.25, -0.2) is 4.79 Å². The van der Waals surface area contributed by atoms with Crippen LogP contribution in [0.3, 0.4) is 0 Å². The summed E-state index contributed by atoms with van der Waals surface area (Å²) in [7, 11) is 0. The van der Waals surface area contributed by atoms with Crippen molar-refractivity contribution in [1.29, 1.82) is 0 Å². The maximum atomic E-state index is 11.4. The molecule has 1 aliphatic rings. The summed E-state index contributed by atoms with van der Waals surface area (Å²) in [5.41, 5.74) is 4.78. The van der Waals surface area contributed by atoms with Gasteiger partial charge in [0.2, 0.25) is 12.1 Å². The molecule has 3 aromatic rings. The van der Waals surface area contributed by atoms with Crippen molar-refractivity contribution in [2.24, 2.45) is 0 Å². The predicted octanol–water partition coefficient (Wildman–Crippen LogP) is 4.77. The third kappa shape index (κ3) is 5.95. The molecule has 1 aromatic heterocycles. The molecule has 0 radical (unpaired) electrons. The molecule has 2 aromatic carbocycles. The molecule has 8 heteroatoms. The first-order valence-electron chi connectivity index (χ1n) is 11.4. The van der Waals surface area contributed by atoms with Crippen LogP contribution in [0.5, 0.6) is 0 Å². The number of rotatable bonds is 8. The first kappa shape index (κ1) is 25.5. The minimum Gasteiger partial charge on any atom is -0.548 e. The fourth-order valence-corrected chi connectivity index (χ4v) is 6.49. The monoisotopic (exact) mass is 518 g/mol. The summed E-state index contributed by atoms with van der Waals surface area (Å²) in [5.74, 6) is -2.01. The number of anilines is 1. The first-order valence-corrected chi connectivity index (χ1v) is 13.0. The van der Waals surface area contributed by atoms with Crippen LogP contribution in [0, 0.1) is 0 Å². The highest BCUT2D eigenvalue weighted by molar-refractivity contribution is 8.03. The van der Waals surface area contributed by atoms with E-state index in [2.05, 4.69) is 0 Å². The summed E-state index contributed by atoms with van der Waals surface area (Å²) in [6, 6.07) is 15.5. The summed E-state index contributed by atoms with van der Waals surface area (Å²) in [6.07, 6.45) is 8.08. The average Bonchev–Trinajstić information content (AvgIpc) is 3.30. The lowest BCUT2D eigenvalue weighted by molar-refractivity contribution is -0.657. The number of benzene rings is 2. The predicted molar refractivity (Wildman–Crippen MR) is 144 cm³/mol. The van der Waals surface area contributed by atoms with Crippen molar-refractivity contribution in [1.82, 2.24) is 0 Å². The third-order valence-corrected chi connectivity index (χ3v) is 7.69. The van der Waals surface area contributed by atoms with Gasteiger partial charge in [0.05, 0.1) is 23.2 Å². The number of carboxylic acids is 2. The number of fused-ring (bicyclic) bond motifs is 2. The lowest BCUT2D eigenvalue weighted by Gasteiger charge is -2.21. The molecule has 4 rings (SSSR count). The number of para-hydroxylation sites is 2. The van der Waals surface area contributed by atoms with E-state index >= 15 is 0 Å². The topological polar surface area (TPSA) is 84.6 Å². The molecule has 184 valence electrons. The second-order valence-corrected chi connectivity index (χ2v) is 10.7. The van der Waals surface area contributed by atoms with Gasteiger partial charge < -0.3 is 19.9 Å². The Morgan fingerprint density at radius 1 is 1.00 bits per heavy atom. The number of nitrogens with zero attached hydrogens (tertiary/aromatic N) is 2. The van der Waals surface area contributed by atoms with Crippen LogP contribution in [0.15, 0.2) is 93.4 Å². The van der Waals surface area contributed by atoms with Crippen LogP contribution >= 0.6 is 23.1 Å². The molecule has 1 aliphatic heterocycles. The van der Waals surface area contributed by atoms with Crippen molar-refractivity contribution in [3.63, 3.8) is 0 Å². The van der Waals surface area contributed by atoms with Crippen LogP contribution in [0.2, 0.25) is 0 Å². The van der Waals surface area contributed by atoms with E-state index in [-0.39, 0.29) is 13.1 Å². The lowest BCUT2D eigenvalue weighted by atomic mass is 10.1. The quantitative estimate of drug-likeness (QED) is 0.342. The number of carboxylic acid groups (broad SMARTS) is 2. The summed E-state index contributed by atoms with van der Waals surface area (Å²) >= 11 is 3.10. The number of thioether (sulfide) groups is 1. The molecular weight excluding hydrogens is 492 g/mol. The Balaban J connectivity index is 1.59. The Bertz CT molecular complexity index is 1460. The van der Waals surface area contributed by atoms with E-state index in [1.807, 2.05) is 98.2 Å². The lowest BCUT2D eigenvalue weighted by Crippen LogP contribution is -2.39. The normalized spacial score (nSPS) is 15.6. The molecule has 0 unspecified atom stereocenters. The Kier molecular flexibility index (Phi) is 7.76.